The van der Waals surface area contributed by atoms with Crippen LogP contribution in [0.3, 0.4) is 0 Å². The molecule has 0 aromatic heterocycles. The quantitative estimate of drug-likeness (QED) is 0.506. The Morgan fingerprint density at radius 2 is 2.14 bits per heavy atom. The first-order valence-electron chi connectivity index (χ1n) is 1.86. The highest BCUT2D eigenvalue weighted by atomic mass is 35.5. The molecule has 0 aromatic carbocycles. The highest BCUT2D eigenvalue weighted by molar-refractivity contribution is 6.50. The molecule has 1 rings (SSSR count). The average Bonchev–Trinajstić information content (AvgIpc) is 1.99. The zero-order valence-corrected chi connectivity index (χ0v) is 5.25. The number of hydrogen-bond acceptors (Lipinski definition) is 1. The topological polar surface area (TPSA) is 12.5 Å². The summed E-state index contributed by atoms with van der Waals surface area (Å²) in [6.45, 7) is 1.66. The maximum absolute atomic E-state index is 5.50. The Hall–Kier alpha value is 0.120. The first-order valence-corrected chi connectivity index (χ1v) is 2.61. The van der Waals surface area contributed by atoms with Crippen molar-refractivity contribution in [1.29, 1.82) is 0 Å². The Morgan fingerprint density at radius 3 is 2.14 bits per heavy atom. The molecule has 1 aliphatic heterocycles. The molecule has 3 heteroatoms. The molecule has 0 saturated heterocycles. The Morgan fingerprint density at radius 1 is 1.71 bits per heavy atom. The van der Waals surface area contributed by atoms with E-state index in [0.717, 1.165) is 0 Å². The van der Waals surface area contributed by atoms with Crippen molar-refractivity contribution in [3.8, 4) is 0 Å². The molecule has 0 atom stereocenters. The maximum Gasteiger partial charge on any atom is 0.175 e. The van der Waals surface area contributed by atoms with E-state index in [1.807, 2.05) is 0 Å². The van der Waals surface area contributed by atoms with Gasteiger partial charge in [0.25, 0.3) is 0 Å². The van der Waals surface area contributed by atoms with E-state index in [0.29, 0.717) is 5.76 Å². The van der Waals surface area contributed by atoms with Gasteiger partial charge in [0.1, 0.15) is 6.26 Å². The molecule has 1 heterocycles. The Bertz CT molecular complexity index is 111. The third-order valence-electron chi connectivity index (χ3n) is 0.668. The minimum absolute atomic E-state index is 0.649. The van der Waals surface area contributed by atoms with Crippen molar-refractivity contribution in [2.75, 3.05) is 0 Å². The molecule has 0 saturated carbocycles. The van der Waals surface area contributed by atoms with Gasteiger partial charge in [-0.3, -0.25) is 0 Å². The summed E-state index contributed by atoms with van der Waals surface area (Å²) in [5.41, 5.74) is 0. The second-order valence-electron chi connectivity index (χ2n) is 1.49. The molecule has 0 unspecified atom stereocenters. The number of rotatable bonds is 1. The summed E-state index contributed by atoms with van der Waals surface area (Å²) in [4.78, 5) is 0. The summed E-state index contributed by atoms with van der Waals surface area (Å²) in [6.07, 6.45) is 1.53. The number of halogens is 2. The molecule has 0 N–H and O–H groups in total. The smallest absolute Gasteiger partial charge is 0.175 e. The van der Waals surface area contributed by atoms with E-state index in [2.05, 4.69) is 4.74 Å². The third-order valence-corrected chi connectivity index (χ3v) is 1.04. The van der Waals surface area contributed by atoms with Crippen molar-refractivity contribution in [1.82, 2.24) is 0 Å². The molecule has 0 aromatic rings. The van der Waals surface area contributed by atoms with Crippen LogP contribution in [0.25, 0.3) is 0 Å². The molecule has 1 aliphatic rings. The van der Waals surface area contributed by atoms with Crippen molar-refractivity contribution < 1.29 is 4.74 Å². The lowest BCUT2D eigenvalue weighted by Gasteiger charge is -2.01. The predicted octanol–water partition coefficient (Wildman–Crippen LogP) is 2.05. The monoisotopic (exact) mass is 138 g/mol. The van der Waals surface area contributed by atoms with Gasteiger partial charge in [0.05, 0.1) is 0 Å². The minimum Gasteiger partial charge on any atom is -0.459 e. The Labute approximate surface area is 51.9 Å². The summed E-state index contributed by atoms with van der Waals surface area (Å²) in [5.74, 6) is 0.649. The van der Waals surface area contributed by atoms with E-state index in [-0.39, 0.29) is 0 Å². The molecule has 0 bridgehead atoms. The standard InChI is InChI=1S/C4H4Cl2O/c1-4(5,6)3-2-7-3/h2H,1H3. The van der Waals surface area contributed by atoms with Gasteiger partial charge in [-0.25, -0.2) is 0 Å². The van der Waals surface area contributed by atoms with E-state index in [4.69, 9.17) is 23.2 Å². The minimum atomic E-state index is -0.806. The normalized spacial score (nSPS) is 17.9. The second kappa shape index (κ2) is 1.30. The second-order valence-corrected chi connectivity index (χ2v) is 3.19. The number of allylic oxidation sites excluding steroid dienone is 1. The Balaban J connectivity index is 2.53. The molecule has 1 nitrogen and oxygen atoms in total. The predicted molar refractivity (Wildman–Crippen MR) is 29.3 cm³/mol. The summed E-state index contributed by atoms with van der Waals surface area (Å²) >= 11 is 11.0. The van der Waals surface area contributed by atoms with E-state index < -0.39 is 4.33 Å². The lowest BCUT2D eigenvalue weighted by atomic mass is 10.4. The van der Waals surface area contributed by atoms with Gasteiger partial charge in [0.2, 0.25) is 0 Å². The van der Waals surface area contributed by atoms with Crippen molar-refractivity contribution in [2.45, 2.75) is 11.3 Å². The van der Waals surface area contributed by atoms with E-state index in [1.54, 1.807) is 6.92 Å². The molecular weight excluding hydrogens is 135 g/mol. The zero-order valence-electron chi connectivity index (χ0n) is 3.74. The molecule has 7 heavy (non-hydrogen) atoms. The largest absolute Gasteiger partial charge is 0.459 e. The van der Waals surface area contributed by atoms with Gasteiger partial charge in [-0.1, -0.05) is 23.2 Å². The average molecular weight is 139 g/mol. The van der Waals surface area contributed by atoms with E-state index in [9.17, 15) is 0 Å². The third kappa shape index (κ3) is 1.25. The fourth-order valence-corrected chi connectivity index (χ4v) is 0.415. The van der Waals surface area contributed by atoms with Crippen LogP contribution in [0.4, 0.5) is 0 Å². The lowest BCUT2D eigenvalue weighted by Crippen LogP contribution is -2.02. The van der Waals surface area contributed by atoms with E-state index >= 15 is 0 Å². The van der Waals surface area contributed by atoms with Crippen molar-refractivity contribution in [3.05, 3.63) is 12.0 Å². The molecule has 0 aliphatic carbocycles. The van der Waals surface area contributed by atoms with Gasteiger partial charge >= 0.3 is 0 Å². The van der Waals surface area contributed by atoms with E-state index in [1.165, 1.54) is 6.26 Å². The number of ether oxygens (including phenoxy) is 1. The Kier molecular flexibility index (Phi) is 0.975. The van der Waals surface area contributed by atoms with Crippen LogP contribution in [0.15, 0.2) is 12.0 Å². The SMILES string of the molecule is CC(Cl)(Cl)C1=CO1. The van der Waals surface area contributed by atoms with Gasteiger partial charge in [0, 0.05) is 0 Å². The number of hydrogen-bond donors (Lipinski definition) is 0. The first-order chi connectivity index (χ1) is 3.11. The van der Waals surface area contributed by atoms with Crippen LogP contribution in [0.2, 0.25) is 0 Å². The molecule has 0 fully saturated rings. The van der Waals surface area contributed by atoms with Gasteiger partial charge < -0.3 is 4.74 Å². The van der Waals surface area contributed by atoms with Crippen LogP contribution in [0, 0.1) is 0 Å². The highest BCUT2D eigenvalue weighted by Gasteiger charge is 2.31. The molecule has 0 radical (unpaired) electrons. The zero-order chi connectivity index (χ0) is 5.49. The maximum atomic E-state index is 5.50. The fraction of sp³-hybridized carbons (Fsp3) is 0.500. The molecule has 0 amide bonds. The fourth-order valence-electron chi connectivity index (χ4n) is 0.236. The molecule has 0 spiro atoms. The molecular formula is C4H4Cl2O. The van der Waals surface area contributed by atoms with Gasteiger partial charge in [-0.2, -0.15) is 0 Å². The number of alkyl halides is 2. The van der Waals surface area contributed by atoms with Crippen LogP contribution < -0.4 is 0 Å². The summed E-state index contributed by atoms with van der Waals surface area (Å²) in [6, 6.07) is 0. The van der Waals surface area contributed by atoms with Crippen LogP contribution >= 0.6 is 23.2 Å². The van der Waals surface area contributed by atoms with Crippen LogP contribution in [0.5, 0.6) is 0 Å². The van der Waals surface area contributed by atoms with Gasteiger partial charge in [-0.15, -0.1) is 0 Å². The van der Waals surface area contributed by atoms with Crippen molar-refractivity contribution >= 4 is 23.2 Å². The summed E-state index contributed by atoms with van der Waals surface area (Å²) in [5, 5.41) is 0. The molecule has 40 valence electrons. The highest BCUT2D eigenvalue weighted by Crippen LogP contribution is 2.36. The summed E-state index contributed by atoms with van der Waals surface area (Å²) in [7, 11) is 0. The summed E-state index contributed by atoms with van der Waals surface area (Å²) < 4.78 is 3.80. The first kappa shape index (κ1) is 5.26. The van der Waals surface area contributed by atoms with Crippen LogP contribution in [-0.4, -0.2) is 4.33 Å². The van der Waals surface area contributed by atoms with Crippen LogP contribution in [0.1, 0.15) is 6.92 Å². The van der Waals surface area contributed by atoms with Crippen molar-refractivity contribution in [3.63, 3.8) is 0 Å². The van der Waals surface area contributed by atoms with Gasteiger partial charge in [0.15, 0.2) is 10.1 Å². The van der Waals surface area contributed by atoms with Gasteiger partial charge in [-0.05, 0) is 6.92 Å². The lowest BCUT2D eigenvalue weighted by molar-refractivity contribution is 0.481. The van der Waals surface area contributed by atoms with Crippen molar-refractivity contribution in [2.24, 2.45) is 0 Å². The van der Waals surface area contributed by atoms with Crippen LogP contribution in [-0.2, 0) is 4.74 Å².